The summed E-state index contributed by atoms with van der Waals surface area (Å²) in [6.07, 6.45) is -0.376. The highest BCUT2D eigenvalue weighted by atomic mass is 31.1. The van der Waals surface area contributed by atoms with Crippen LogP contribution in [0.1, 0.15) is 27.5 Å². The van der Waals surface area contributed by atoms with Crippen LogP contribution >= 0.6 is 8.46 Å². The van der Waals surface area contributed by atoms with Crippen LogP contribution in [0, 0.1) is 0 Å². The molecule has 1 saturated heterocycles. The molecular weight excluding hydrogens is 353 g/mol. The molecule has 1 aliphatic heterocycles. The molecule has 6 nitrogen and oxygen atoms in total. The van der Waals surface area contributed by atoms with E-state index in [4.69, 9.17) is 9.84 Å². The molecule has 26 heavy (non-hydrogen) atoms. The second kappa shape index (κ2) is 8.06. The number of hydrogen-bond donors (Lipinski definition) is 3. The summed E-state index contributed by atoms with van der Waals surface area (Å²) < 4.78 is 17.6. The highest BCUT2D eigenvalue weighted by Crippen LogP contribution is 2.33. The molecule has 0 aromatic heterocycles. The summed E-state index contributed by atoms with van der Waals surface area (Å²) in [6.45, 7) is 0.579. The van der Waals surface area contributed by atoms with Crippen LogP contribution in [0.2, 0.25) is 0 Å². The molecule has 7 heteroatoms. The fourth-order valence-corrected chi connectivity index (χ4v) is 3.70. The van der Waals surface area contributed by atoms with E-state index in [1.54, 1.807) is 12.1 Å². The molecule has 4 atom stereocenters. The predicted molar refractivity (Wildman–Crippen MR) is 98.0 cm³/mol. The molecule has 0 amide bonds. The van der Waals surface area contributed by atoms with Gasteiger partial charge in [-0.2, -0.15) is 0 Å². The van der Waals surface area contributed by atoms with Gasteiger partial charge in [-0.15, -0.1) is 0 Å². The standard InChI is InChI=1S/C19H20NO5P/c21-18(22)15-8-4-7-14(9-15)16-12-25-17(11-20-16)19(23,26-24)10-13-5-2-1-3-6-13/h1-9,16-17,20,23H,10-12H2,(H,21,22)/p+1/t16-,17-,19?/m0/s1. The van der Waals surface area contributed by atoms with Crippen molar-refractivity contribution in [3.8, 4) is 0 Å². The van der Waals surface area contributed by atoms with Gasteiger partial charge in [0.1, 0.15) is 6.10 Å². The third-order valence-corrected chi connectivity index (χ3v) is 5.43. The Balaban J connectivity index is 1.68. The van der Waals surface area contributed by atoms with Crippen LogP contribution in [-0.2, 0) is 15.7 Å². The minimum absolute atomic E-state index is 0.179. The molecular formula is C19H21NO5P+. The van der Waals surface area contributed by atoms with E-state index in [0.29, 0.717) is 6.54 Å². The van der Waals surface area contributed by atoms with Crippen molar-refractivity contribution in [2.45, 2.75) is 23.9 Å². The van der Waals surface area contributed by atoms with E-state index in [0.717, 1.165) is 11.1 Å². The van der Waals surface area contributed by atoms with Gasteiger partial charge in [0.2, 0.25) is 0 Å². The average Bonchev–Trinajstić information content (AvgIpc) is 2.69. The minimum atomic E-state index is -1.47. The molecule has 2 unspecified atom stereocenters. The number of carbonyl (C=O) groups is 1. The smallest absolute Gasteiger partial charge is 0.362 e. The Labute approximate surface area is 153 Å². The number of benzene rings is 2. The lowest BCUT2D eigenvalue weighted by Crippen LogP contribution is -2.52. The number of morpholine rings is 1. The molecule has 0 aliphatic carbocycles. The zero-order chi connectivity index (χ0) is 18.6. The van der Waals surface area contributed by atoms with Crippen LogP contribution in [0.4, 0.5) is 0 Å². The summed E-state index contributed by atoms with van der Waals surface area (Å²) in [5.74, 6) is -0.980. The topological polar surface area (TPSA) is 95.9 Å². The van der Waals surface area contributed by atoms with Crippen molar-refractivity contribution in [3.05, 3.63) is 71.3 Å². The van der Waals surface area contributed by atoms with Crippen molar-refractivity contribution in [1.82, 2.24) is 5.32 Å². The quantitative estimate of drug-likeness (QED) is 0.672. The molecule has 3 rings (SSSR count). The number of nitrogens with one attached hydrogen (secondary N) is 1. The first-order valence-electron chi connectivity index (χ1n) is 8.36. The summed E-state index contributed by atoms with van der Waals surface area (Å²) in [5, 5.41) is 21.7. The number of carboxylic acid groups (broad SMARTS) is 1. The molecule has 136 valence electrons. The number of rotatable bonds is 6. The summed E-state index contributed by atoms with van der Waals surface area (Å²) in [6, 6.07) is 15.9. The molecule has 0 bridgehead atoms. The number of ether oxygens (including phenoxy) is 1. The number of carboxylic acids is 1. The van der Waals surface area contributed by atoms with Gasteiger partial charge in [-0.3, -0.25) is 0 Å². The van der Waals surface area contributed by atoms with E-state index in [2.05, 4.69) is 5.32 Å². The average molecular weight is 374 g/mol. The van der Waals surface area contributed by atoms with Gasteiger partial charge in [-0.1, -0.05) is 47.0 Å². The largest absolute Gasteiger partial charge is 0.478 e. The minimum Gasteiger partial charge on any atom is -0.478 e. The molecule has 0 saturated carbocycles. The van der Waals surface area contributed by atoms with Crippen molar-refractivity contribution >= 4 is 14.4 Å². The zero-order valence-corrected chi connectivity index (χ0v) is 15.1. The Morgan fingerprint density at radius 2 is 2.00 bits per heavy atom. The summed E-state index contributed by atoms with van der Waals surface area (Å²) in [4.78, 5) is 11.1. The molecule has 3 N–H and O–H groups in total. The van der Waals surface area contributed by atoms with Gasteiger partial charge in [0, 0.05) is 6.54 Å². The first kappa shape index (κ1) is 18.7. The fourth-order valence-electron chi connectivity index (χ4n) is 3.11. The van der Waals surface area contributed by atoms with Gasteiger partial charge in [0.25, 0.3) is 5.34 Å². The second-order valence-electron chi connectivity index (χ2n) is 6.40. The Bertz CT molecular complexity index is 777. The lowest BCUT2D eigenvalue weighted by molar-refractivity contribution is -0.0853. The van der Waals surface area contributed by atoms with Gasteiger partial charge < -0.3 is 20.3 Å². The highest BCUT2D eigenvalue weighted by molar-refractivity contribution is 7.25. The summed E-state index contributed by atoms with van der Waals surface area (Å²) in [5.41, 5.74) is 1.91. The van der Waals surface area contributed by atoms with Gasteiger partial charge in [0.15, 0.2) is 0 Å². The van der Waals surface area contributed by atoms with E-state index >= 15 is 0 Å². The van der Waals surface area contributed by atoms with Crippen LogP contribution in [0.5, 0.6) is 0 Å². The van der Waals surface area contributed by atoms with Gasteiger partial charge in [-0.25, -0.2) is 4.79 Å². The zero-order valence-electron chi connectivity index (χ0n) is 14.1. The molecule has 1 aliphatic rings. The Morgan fingerprint density at radius 3 is 2.62 bits per heavy atom. The lowest BCUT2D eigenvalue weighted by Gasteiger charge is -2.34. The van der Waals surface area contributed by atoms with Crippen molar-refractivity contribution < 1.29 is 24.3 Å². The Hall–Kier alpha value is -2.11. The summed E-state index contributed by atoms with van der Waals surface area (Å²) >= 11 is 0. The van der Waals surface area contributed by atoms with E-state index < -0.39 is 25.9 Å². The molecule has 1 heterocycles. The van der Waals surface area contributed by atoms with E-state index in [1.807, 2.05) is 36.4 Å². The third-order valence-electron chi connectivity index (χ3n) is 4.58. The first-order valence-corrected chi connectivity index (χ1v) is 9.26. The summed E-state index contributed by atoms with van der Waals surface area (Å²) in [7, 11) is -0.926. The van der Waals surface area contributed by atoms with Crippen LogP contribution in [0.15, 0.2) is 54.6 Å². The molecule has 0 spiro atoms. The SMILES string of the molecule is O=[PH+]C(O)(Cc1ccccc1)[C@@H]1CN[C@H](c2cccc(C(=O)O)c2)CO1. The normalized spacial score (nSPS) is 22.7. The molecule has 0 radical (unpaired) electrons. The lowest BCUT2D eigenvalue weighted by atomic mass is 9.99. The van der Waals surface area contributed by atoms with Gasteiger partial charge in [-0.05, 0) is 23.3 Å². The molecule has 2 aromatic carbocycles. The number of aliphatic hydroxyl groups is 1. The maximum absolute atomic E-state index is 11.7. The maximum Gasteiger partial charge on any atom is 0.362 e. The van der Waals surface area contributed by atoms with E-state index in [-0.39, 0.29) is 24.6 Å². The van der Waals surface area contributed by atoms with Crippen molar-refractivity contribution in [2.75, 3.05) is 13.2 Å². The molecule has 2 aromatic rings. The first-order chi connectivity index (χ1) is 12.5. The Morgan fingerprint density at radius 1 is 1.23 bits per heavy atom. The van der Waals surface area contributed by atoms with E-state index in [9.17, 15) is 14.5 Å². The van der Waals surface area contributed by atoms with Crippen molar-refractivity contribution in [3.63, 3.8) is 0 Å². The van der Waals surface area contributed by atoms with Gasteiger partial charge >= 0.3 is 14.4 Å². The number of hydrogen-bond acceptors (Lipinski definition) is 5. The maximum atomic E-state index is 11.7. The monoisotopic (exact) mass is 374 g/mol. The van der Waals surface area contributed by atoms with Crippen LogP contribution in [0.25, 0.3) is 0 Å². The molecule has 1 fully saturated rings. The fraction of sp³-hybridized carbons (Fsp3) is 0.316. The van der Waals surface area contributed by atoms with Crippen molar-refractivity contribution in [1.29, 1.82) is 0 Å². The van der Waals surface area contributed by atoms with E-state index in [1.165, 1.54) is 6.07 Å². The van der Waals surface area contributed by atoms with Crippen LogP contribution in [0.3, 0.4) is 0 Å². The van der Waals surface area contributed by atoms with Crippen LogP contribution < -0.4 is 5.32 Å². The second-order valence-corrected chi connectivity index (χ2v) is 7.47. The van der Waals surface area contributed by atoms with Crippen LogP contribution in [-0.4, -0.2) is 40.8 Å². The highest BCUT2D eigenvalue weighted by Gasteiger charge is 2.48. The van der Waals surface area contributed by atoms with Crippen molar-refractivity contribution in [2.24, 2.45) is 0 Å². The number of aromatic carboxylic acids is 1. The van der Waals surface area contributed by atoms with Gasteiger partial charge in [0.05, 0.1) is 24.6 Å². The predicted octanol–water partition coefficient (Wildman–Crippen LogP) is 2.37. The third kappa shape index (κ3) is 4.17. The Kier molecular flexibility index (Phi) is 5.79.